The maximum atomic E-state index is 12.6. The summed E-state index contributed by atoms with van der Waals surface area (Å²) in [7, 11) is 0. The van der Waals surface area contributed by atoms with Gasteiger partial charge in [-0.05, 0) is 30.7 Å². The van der Waals surface area contributed by atoms with Crippen LogP contribution in [0.2, 0.25) is 0 Å². The second-order valence-corrected chi connectivity index (χ2v) is 5.92. The minimum Gasteiger partial charge on any atom is -0.466 e. The molecule has 1 amide bonds. The number of carbonyl (C=O) groups excluding carboxylic acids is 1. The summed E-state index contributed by atoms with van der Waals surface area (Å²) in [6.45, 7) is 2.00. The molecule has 118 valence electrons. The molecule has 24 heavy (non-hydrogen) atoms. The Bertz CT molecular complexity index is 900. The van der Waals surface area contributed by atoms with E-state index >= 15 is 0 Å². The quantitative estimate of drug-likeness (QED) is 0.757. The van der Waals surface area contributed by atoms with Crippen molar-refractivity contribution in [3.05, 3.63) is 89.5 Å². The van der Waals surface area contributed by atoms with Crippen molar-refractivity contribution in [3.63, 3.8) is 0 Å². The Kier molecular flexibility index (Phi) is 3.54. The number of rotatable bonds is 2. The van der Waals surface area contributed by atoms with E-state index in [9.17, 15) is 4.79 Å². The van der Waals surface area contributed by atoms with Crippen molar-refractivity contribution >= 4 is 5.91 Å². The maximum Gasteiger partial charge on any atom is 0.254 e. The fraction of sp³-hybridized carbons (Fsp3) is 0.0952. The van der Waals surface area contributed by atoms with E-state index in [2.05, 4.69) is 11.4 Å². The van der Waals surface area contributed by atoms with Gasteiger partial charge in [0.15, 0.2) is 6.23 Å². The number of ether oxygens (including phenoxy) is 1. The summed E-state index contributed by atoms with van der Waals surface area (Å²) in [5.74, 6) is 0.639. The average molecular weight is 315 g/mol. The first kappa shape index (κ1) is 14.5. The smallest absolute Gasteiger partial charge is 0.254 e. The van der Waals surface area contributed by atoms with Crippen LogP contribution in [0.5, 0.6) is 5.75 Å². The van der Waals surface area contributed by atoms with Crippen molar-refractivity contribution < 1.29 is 9.53 Å². The zero-order valence-corrected chi connectivity index (χ0v) is 13.3. The summed E-state index contributed by atoms with van der Waals surface area (Å²) in [5.41, 5.74) is 4.86. The lowest BCUT2D eigenvalue weighted by molar-refractivity contribution is 0.0824. The van der Waals surface area contributed by atoms with Gasteiger partial charge >= 0.3 is 0 Å². The number of aryl methyl sites for hydroxylation is 1. The standard InChI is InChI=1S/C21H17NO2/c1-14-10-12-15(13-11-14)20(23)22-21-18-8-3-2-6-16(18)17-7-4-5-9-19(17)24-21/h2-13,21H,1H3,(H,22,23). The molecule has 3 nitrogen and oxygen atoms in total. The molecule has 0 spiro atoms. The number of fused-ring (bicyclic) bond motifs is 3. The molecular formula is C21H17NO2. The van der Waals surface area contributed by atoms with Gasteiger partial charge in [0.05, 0.1) is 0 Å². The molecule has 0 aliphatic carbocycles. The molecule has 3 aromatic carbocycles. The van der Waals surface area contributed by atoms with Gasteiger partial charge in [-0.3, -0.25) is 4.79 Å². The van der Waals surface area contributed by atoms with Gasteiger partial charge in [0.2, 0.25) is 0 Å². The van der Waals surface area contributed by atoms with Crippen LogP contribution in [0.15, 0.2) is 72.8 Å². The lowest BCUT2D eigenvalue weighted by Gasteiger charge is -2.29. The van der Waals surface area contributed by atoms with E-state index in [1.165, 1.54) is 0 Å². The van der Waals surface area contributed by atoms with E-state index in [1.807, 2.05) is 73.7 Å². The highest BCUT2D eigenvalue weighted by Gasteiger charge is 2.26. The largest absolute Gasteiger partial charge is 0.466 e. The molecular weight excluding hydrogens is 298 g/mol. The van der Waals surface area contributed by atoms with Crippen molar-refractivity contribution in [1.29, 1.82) is 0 Å². The fourth-order valence-corrected chi connectivity index (χ4v) is 2.97. The van der Waals surface area contributed by atoms with Crippen LogP contribution < -0.4 is 10.1 Å². The van der Waals surface area contributed by atoms with E-state index in [0.29, 0.717) is 5.56 Å². The Hall–Kier alpha value is -3.07. The number of hydrogen-bond donors (Lipinski definition) is 1. The molecule has 1 heterocycles. The average Bonchev–Trinajstić information content (AvgIpc) is 2.62. The Balaban J connectivity index is 1.67. The van der Waals surface area contributed by atoms with E-state index in [1.54, 1.807) is 0 Å². The number of carbonyl (C=O) groups is 1. The summed E-state index contributed by atoms with van der Waals surface area (Å²) in [5, 5.41) is 2.99. The molecule has 0 aromatic heterocycles. The molecule has 1 atom stereocenters. The van der Waals surface area contributed by atoms with E-state index in [4.69, 9.17) is 4.74 Å². The first-order valence-corrected chi connectivity index (χ1v) is 7.95. The Morgan fingerprint density at radius 3 is 2.33 bits per heavy atom. The minimum atomic E-state index is -0.495. The SMILES string of the molecule is Cc1ccc(C(=O)NC2Oc3ccccc3-c3ccccc32)cc1. The minimum absolute atomic E-state index is 0.144. The Labute approximate surface area is 140 Å². The summed E-state index contributed by atoms with van der Waals surface area (Å²) >= 11 is 0. The number of benzene rings is 3. The molecule has 1 unspecified atom stereocenters. The van der Waals surface area contributed by atoms with Gasteiger partial charge in [-0.15, -0.1) is 0 Å². The zero-order valence-electron chi connectivity index (χ0n) is 13.3. The van der Waals surface area contributed by atoms with Crippen molar-refractivity contribution in [2.45, 2.75) is 13.2 Å². The van der Waals surface area contributed by atoms with Crippen LogP contribution in [0.4, 0.5) is 0 Å². The van der Waals surface area contributed by atoms with E-state index in [-0.39, 0.29) is 5.91 Å². The number of nitrogens with one attached hydrogen (secondary N) is 1. The van der Waals surface area contributed by atoms with Crippen molar-refractivity contribution in [2.75, 3.05) is 0 Å². The third kappa shape index (κ3) is 2.54. The molecule has 0 bridgehead atoms. The molecule has 4 rings (SSSR count). The van der Waals surface area contributed by atoms with Gasteiger partial charge < -0.3 is 10.1 Å². The molecule has 1 aliphatic rings. The maximum absolute atomic E-state index is 12.6. The molecule has 0 radical (unpaired) electrons. The Morgan fingerprint density at radius 2 is 1.54 bits per heavy atom. The van der Waals surface area contributed by atoms with Crippen molar-refractivity contribution in [2.24, 2.45) is 0 Å². The van der Waals surface area contributed by atoms with Gasteiger partial charge in [-0.1, -0.05) is 60.2 Å². The fourth-order valence-electron chi connectivity index (χ4n) is 2.97. The third-order valence-electron chi connectivity index (χ3n) is 4.24. The highest BCUT2D eigenvalue weighted by molar-refractivity contribution is 5.94. The summed E-state index contributed by atoms with van der Waals surface area (Å²) in [6, 6.07) is 23.4. The monoisotopic (exact) mass is 315 g/mol. The van der Waals surface area contributed by atoms with Crippen LogP contribution in [-0.2, 0) is 0 Å². The molecule has 0 saturated carbocycles. The van der Waals surface area contributed by atoms with Crippen molar-refractivity contribution in [3.8, 4) is 16.9 Å². The molecule has 3 heteroatoms. The van der Waals surface area contributed by atoms with Gasteiger partial charge in [-0.2, -0.15) is 0 Å². The van der Waals surface area contributed by atoms with Crippen molar-refractivity contribution in [1.82, 2.24) is 5.32 Å². The lowest BCUT2D eigenvalue weighted by Crippen LogP contribution is -2.34. The first-order valence-electron chi connectivity index (χ1n) is 7.95. The van der Waals surface area contributed by atoms with Gasteiger partial charge in [0.1, 0.15) is 5.75 Å². The van der Waals surface area contributed by atoms with Gasteiger partial charge in [0.25, 0.3) is 5.91 Å². The van der Waals surface area contributed by atoms with Crippen LogP contribution in [0.3, 0.4) is 0 Å². The number of hydrogen-bond acceptors (Lipinski definition) is 2. The lowest BCUT2D eigenvalue weighted by atomic mass is 9.95. The van der Waals surface area contributed by atoms with Crippen LogP contribution in [0.25, 0.3) is 11.1 Å². The predicted molar refractivity (Wildman–Crippen MR) is 93.9 cm³/mol. The van der Waals surface area contributed by atoms with E-state index < -0.39 is 6.23 Å². The molecule has 0 saturated heterocycles. The topological polar surface area (TPSA) is 38.3 Å². The first-order chi connectivity index (χ1) is 11.7. The second-order valence-electron chi connectivity index (χ2n) is 5.92. The normalized spacial score (nSPS) is 15.0. The number of amides is 1. The summed E-state index contributed by atoms with van der Waals surface area (Å²) in [4.78, 5) is 12.6. The van der Waals surface area contributed by atoms with Gasteiger partial charge in [0, 0.05) is 16.7 Å². The highest BCUT2D eigenvalue weighted by atomic mass is 16.5. The Morgan fingerprint density at radius 1 is 0.875 bits per heavy atom. The number of para-hydroxylation sites is 1. The van der Waals surface area contributed by atoms with Crippen LogP contribution in [0, 0.1) is 6.92 Å². The van der Waals surface area contributed by atoms with Gasteiger partial charge in [-0.25, -0.2) is 0 Å². The molecule has 1 aliphatic heterocycles. The molecule has 0 fully saturated rings. The van der Waals surface area contributed by atoms with Crippen LogP contribution in [0.1, 0.15) is 27.7 Å². The van der Waals surface area contributed by atoms with E-state index in [0.717, 1.165) is 28.0 Å². The summed E-state index contributed by atoms with van der Waals surface area (Å²) in [6.07, 6.45) is -0.495. The van der Waals surface area contributed by atoms with Crippen LogP contribution in [-0.4, -0.2) is 5.91 Å². The molecule has 3 aromatic rings. The molecule has 1 N–H and O–H groups in total. The summed E-state index contributed by atoms with van der Waals surface area (Å²) < 4.78 is 6.04. The second kappa shape index (κ2) is 5.85. The van der Waals surface area contributed by atoms with Crippen LogP contribution >= 0.6 is 0 Å². The third-order valence-corrected chi connectivity index (χ3v) is 4.24. The predicted octanol–water partition coefficient (Wildman–Crippen LogP) is 4.48. The zero-order chi connectivity index (χ0) is 16.5. The highest BCUT2D eigenvalue weighted by Crippen LogP contribution is 2.41.